The number of carbonyl (C=O) groups is 1. The predicted octanol–water partition coefficient (Wildman–Crippen LogP) is 3.62. The Bertz CT molecular complexity index is 671. The molecule has 1 nitrogen and oxygen atoms in total. The second kappa shape index (κ2) is 3.11. The molecule has 0 radical (unpaired) electrons. The van der Waals surface area contributed by atoms with Crippen molar-refractivity contribution in [3.8, 4) is 0 Å². The third-order valence-corrected chi connectivity index (χ3v) is 4.57. The van der Waals surface area contributed by atoms with Gasteiger partial charge in [0.25, 0.3) is 0 Å². The van der Waals surface area contributed by atoms with Gasteiger partial charge in [-0.05, 0) is 30.0 Å². The lowest BCUT2D eigenvalue weighted by atomic mass is 9.87. The van der Waals surface area contributed by atoms with E-state index in [4.69, 9.17) is 0 Å². The van der Waals surface area contributed by atoms with Crippen LogP contribution in [0.1, 0.15) is 39.4 Å². The third-order valence-electron chi connectivity index (χ3n) is 4.57. The Hall–Kier alpha value is -1.89. The number of Topliss-reactive ketones (excluding diaryl/α,β-unsaturated/α-hetero) is 1. The summed E-state index contributed by atoms with van der Waals surface area (Å²) in [6, 6.07) is 16.4. The lowest BCUT2D eigenvalue weighted by molar-refractivity contribution is 0.0953. The van der Waals surface area contributed by atoms with E-state index in [1.807, 2.05) is 30.3 Å². The molecule has 18 heavy (non-hydrogen) atoms. The van der Waals surface area contributed by atoms with Crippen LogP contribution in [0.4, 0.5) is 0 Å². The van der Waals surface area contributed by atoms with Gasteiger partial charge in [0.1, 0.15) is 0 Å². The van der Waals surface area contributed by atoms with E-state index in [9.17, 15) is 4.79 Å². The van der Waals surface area contributed by atoms with Crippen LogP contribution in [-0.2, 0) is 5.41 Å². The fraction of sp³-hybridized carbons (Fsp3) is 0.235. The molecule has 2 aliphatic rings. The van der Waals surface area contributed by atoms with E-state index in [-0.39, 0.29) is 5.41 Å². The van der Waals surface area contributed by atoms with E-state index < -0.39 is 0 Å². The van der Waals surface area contributed by atoms with Crippen molar-refractivity contribution < 1.29 is 4.79 Å². The molecule has 0 N–H and O–H groups in total. The fourth-order valence-electron chi connectivity index (χ4n) is 3.63. The van der Waals surface area contributed by atoms with E-state index in [1.54, 1.807) is 0 Å². The minimum atomic E-state index is -0.227. The first-order chi connectivity index (χ1) is 8.75. The van der Waals surface area contributed by atoms with Crippen molar-refractivity contribution in [2.24, 2.45) is 0 Å². The zero-order valence-electron chi connectivity index (χ0n) is 10.3. The first-order valence-electron chi connectivity index (χ1n) is 6.45. The second-order valence-electron chi connectivity index (χ2n) is 5.46. The Morgan fingerprint density at radius 2 is 1.78 bits per heavy atom. The van der Waals surface area contributed by atoms with Gasteiger partial charge < -0.3 is 0 Å². The maximum absolute atomic E-state index is 12.7. The lowest BCUT2D eigenvalue weighted by Crippen LogP contribution is -2.19. The zero-order chi connectivity index (χ0) is 12.3. The highest BCUT2D eigenvalue weighted by Crippen LogP contribution is 2.67. The van der Waals surface area contributed by atoms with Crippen LogP contribution in [0.3, 0.4) is 0 Å². The highest BCUT2D eigenvalue weighted by molar-refractivity contribution is 6.13. The van der Waals surface area contributed by atoms with Gasteiger partial charge in [-0.3, -0.25) is 4.79 Å². The molecule has 2 atom stereocenters. The number of fused-ring (bicyclic) bond motifs is 3. The number of hydrogen-bond donors (Lipinski definition) is 0. The molecule has 1 heteroatoms. The molecule has 0 spiro atoms. The van der Waals surface area contributed by atoms with Gasteiger partial charge in [-0.15, -0.1) is 0 Å². The first kappa shape index (κ1) is 10.1. The van der Waals surface area contributed by atoms with Gasteiger partial charge in [-0.25, -0.2) is 0 Å². The van der Waals surface area contributed by atoms with Crippen molar-refractivity contribution in [3.63, 3.8) is 0 Å². The van der Waals surface area contributed by atoms with Crippen LogP contribution in [0.25, 0.3) is 0 Å². The molecule has 0 amide bonds. The minimum absolute atomic E-state index is 0.227. The number of aryl methyl sites for hydroxylation is 1. The Labute approximate surface area is 106 Å². The van der Waals surface area contributed by atoms with Crippen LogP contribution in [0, 0.1) is 6.92 Å². The van der Waals surface area contributed by atoms with Gasteiger partial charge in [0.15, 0.2) is 5.78 Å². The molecule has 88 valence electrons. The molecule has 0 bridgehead atoms. The molecule has 1 saturated carbocycles. The van der Waals surface area contributed by atoms with E-state index in [1.165, 1.54) is 16.7 Å². The fourth-order valence-corrected chi connectivity index (χ4v) is 3.63. The van der Waals surface area contributed by atoms with Crippen LogP contribution in [0.5, 0.6) is 0 Å². The Balaban J connectivity index is 1.92. The predicted molar refractivity (Wildman–Crippen MR) is 71.0 cm³/mol. The number of ketones is 1. The topological polar surface area (TPSA) is 17.1 Å². The van der Waals surface area contributed by atoms with Crippen molar-refractivity contribution in [1.29, 1.82) is 0 Å². The zero-order valence-corrected chi connectivity index (χ0v) is 10.3. The third kappa shape index (κ3) is 1.01. The average molecular weight is 234 g/mol. The second-order valence-corrected chi connectivity index (χ2v) is 5.46. The van der Waals surface area contributed by atoms with Crippen molar-refractivity contribution in [1.82, 2.24) is 0 Å². The average Bonchev–Trinajstić information content (AvgIpc) is 3.10. The Morgan fingerprint density at radius 1 is 1.06 bits per heavy atom. The molecule has 0 heterocycles. The van der Waals surface area contributed by atoms with Crippen LogP contribution in [0.15, 0.2) is 48.5 Å². The van der Waals surface area contributed by atoms with Crippen molar-refractivity contribution >= 4 is 5.78 Å². The van der Waals surface area contributed by atoms with Crippen LogP contribution >= 0.6 is 0 Å². The van der Waals surface area contributed by atoms with Crippen molar-refractivity contribution in [2.45, 2.75) is 24.7 Å². The summed E-state index contributed by atoms with van der Waals surface area (Å²) in [5, 5.41) is 0. The van der Waals surface area contributed by atoms with Crippen molar-refractivity contribution in [2.75, 3.05) is 0 Å². The molecule has 2 aromatic carbocycles. The van der Waals surface area contributed by atoms with Gasteiger partial charge >= 0.3 is 0 Å². The molecule has 0 aliphatic heterocycles. The molecular weight excluding hydrogens is 220 g/mol. The molecule has 1 fully saturated rings. The van der Waals surface area contributed by atoms with Gasteiger partial charge in [0.2, 0.25) is 0 Å². The molecule has 2 unspecified atom stereocenters. The van der Waals surface area contributed by atoms with Gasteiger partial charge in [0.05, 0.1) is 5.41 Å². The summed E-state index contributed by atoms with van der Waals surface area (Å²) in [4.78, 5) is 12.7. The summed E-state index contributed by atoms with van der Waals surface area (Å²) in [7, 11) is 0. The largest absolute Gasteiger partial charge is 0.293 e. The lowest BCUT2D eigenvalue weighted by Gasteiger charge is -2.14. The normalized spacial score (nSPS) is 27.8. The maximum Gasteiger partial charge on any atom is 0.174 e. The summed E-state index contributed by atoms with van der Waals surface area (Å²) in [5.41, 5.74) is 4.44. The number of carbonyl (C=O) groups excluding carboxylic acids is 1. The van der Waals surface area contributed by atoms with E-state index in [0.29, 0.717) is 11.7 Å². The minimum Gasteiger partial charge on any atom is -0.293 e. The molecule has 0 aromatic heterocycles. The summed E-state index contributed by atoms with van der Waals surface area (Å²) in [5.74, 6) is 0.750. The Morgan fingerprint density at radius 3 is 2.56 bits per heavy atom. The number of hydrogen-bond acceptors (Lipinski definition) is 1. The van der Waals surface area contributed by atoms with E-state index in [0.717, 1.165) is 12.0 Å². The number of benzene rings is 2. The molecule has 2 aliphatic carbocycles. The summed E-state index contributed by atoms with van der Waals surface area (Å²) < 4.78 is 0. The number of rotatable bonds is 1. The SMILES string of the molecule is Cc1ccccc1C12CC1c1ccccc1C2=O. The smallest absolute Gasteiger partial charge is 0.174 e. The summed E-state index contributed by atoms with van der Waals surface area (Å²) in [6.07, 6.45) is 0.994. The Kier molecular flexibility index (Phi) is 1.74. The maximum atomic E-state index is 12.7. The van der Waals surface area contributed by atoms with E-state index in [2.05, 4.69) is 25.1 Å². The quantitative estimate of drug-likeness (QED) is 0.736. The van der Waals surface area contributed by atoms with Crippen molar-refractivity contribution in [3.05, 3.63) is 70.8 Å². The van der Waals surface area contributed by atoms with Gasteiger partial charge in [-0.1, -0.05) is 48.5 Å². The molecule has 4 rings (SSSR count). The van der Waals surface area contributed by atoms with Crippen LogP contribution < -0.4 is 0 Å². The van der Waals surface area contributed by atoms with Crippen LogP contribution in [0.2, 0.25) is 0 Å². The van der Waals surface area contributed by atoms with Gasteiger partial charge in [-0.2, -0.15) is 0 Å². The molecule has 0 saturated heterocycles. The highest BCUT2D eigenvalue weighted by Gasteiger charge is 2.66. The summed E-state index contributed by atoms with van der Waals surface area (Å²) >= 11 is 0. The molecule has 2 aromatic rings. The standard InChI is InChI=1S/C17H14O/c1-11-6-2-5-9-14(11)17-10-15(17)12-7-3-4-8-13(12)16(17)18/h2-9,15H,10H2,1H3. The van der Waals surface area contributed by atoms with E-state index >= 15 is 0 Å². The highest BCUT2D eigenvalue weighted by atomic mass is 16.1. The van der Waals surface area contributed by atoms with Gasteiger partial charge in [0, 0.05) is 11.5 Å². The monoisotopic (exact) mass is 234 g/mol. The molecular formula is C17H14O. The van der Waals surface area contributed by atoms with Crippen LogP contribution in [-0.4, -0.2) is 5.78 Å². The first-order valence-corrected chi connectivity index (χ1v) is 6.45. The summed E-state index contributed by atoms with van der Waals surface area (Å²) in [6.45, 7) is 2.11.